The molecule has 0 aliphatic rings. The molecule has 1 atom stereocenters. The first-order chi connectivity index (χ1) is 14.6. The largest absolute Gasteiger partial charge is 0.486 e. The van der Waals surface area contributed by atoms with Gasteiger partial charge in [0.15, 0.2) is 5.82 Å². The number of carbonyl (C=O) groups is 1. The average molecular weight is 440 g/mol. The van der Waals surface area contributed by atoms with Crippen LogP contribution in [-0.2, 0) is 16.8 Å². The summed E-state index contributed by atoms with van der Waals surface area (Å²) in [6, 6.07) is 15.6. The minimum absolute atomic E-state index is 0.0876. The highest BCUT2D eigenvalue weighted by atomic mass is 32.2. The van der Waals surface area contributed by atoms with Crippen molar-refractivity contribution in [2.75, 3.05) is 11.2 Å². The van der Waals surface area contributed by atoms with Crippen molar-refractivity contribution in [3.63, 3.8) is 0 Å². The summed E-state index contributed by atoms with van der Waals surface area (Å²) in [7, 11) is 0. The lowest BCUT2D eigenvalue weighted by Gasteiger charge is -2.19. The molecule has 0 fully saturated rings. The van der Waals surface area contributed by atoms with Crippen molar-refractivity contribution in [3.8, 4) is 5.75 Å². The van der Waals surface area contributed by atoms with Crippen LogP contribution in [0.2, 0.25) is 0 Å². The zero-order valence-corrected chi connectivity index (χ0v) is 19.4. The number of nitrogens with one attached hydrogen (secondary N) is 1. The van der Waals surface area contributed by atoms with E-state index in [0.717, 1.165) is 17.0 Å². The third-order valence-electron chi connectivity index (χ3n) is 4.88. The Morgan fingerprint density at radius 3 is 2.48 bits per heavy atom. The van der Waals surface area contributed by atoms with Crippen LogP contribution in [0.1, 0.15) is 44.6 Å². The fourth-order valence-corrected chi connectivity index (χ4v) is 3.63. The number of nitrogen functional groups attached to an aromatic ring is 1. The first-order valence-corrected chi connectivity index (χ1v) is 11.0. The quantitative estimate of drug-likeness (QED) is 0.421. The Bertz CT molecular complexity index is 1040. The highest BCUT2D eigenvalue weighted by Gasteiger charge is 2.20. The van der Waals surface area contributed by atoms with Gasteiger partial charge in [0, 0.05) is 5.69 Å². The van der Waals surface area contributed by atoms with Crippen molar-refractivity contribution in [3.05, 3.63) is 65.5 Å². The number of carbonyl (C=O) groups excluding carboxylic acids is 1. The lowest BCUT2D eigenvalue weighted by atomic mass is 9.87. The standard InChI is InChI=1S/C23H29N5O2S/c1-15-8-6-7-9-19(15)25-21(29)16(2)31-22-27-26-20(28(22)24)14-30-18-12-10-17(11-13-18)23(3,4)5/h6-13,16H,14,24H2,1-5H3,(H,25,29). The number of ether oxygens (including phenoxy) is 1. The monoisotopic (exact) mass is 439 g/mol. The number of hydrogen-bond acceptors (Lipinski definition) is 6. The van der Waals surface area contributed by atoms with Crippen LogP contribution in [0.25, 0.3) is 0 Å². The van der Waals surface area contributed by atoms with E-state index < -0.39 is 5.25 Å². The fourth-order valence-electron chi connectivity index (χ4n) is 2.84. The Morgan fingerprint density at radius 1 is 1.16 bits per heavy atom. The molecule has 1 heterocycles. The third-order valence-corrected chi connectivity index (χ3v) is 5.93. The van der Waals surface area contributed by atoms with Gasteiger partial charge < -0.3 is 15.9 Å². The molecule has 3 rings (SSSR count). The van der Waals surface area contributed by atoms with E-state index in [4.69, 9.17) is 10.6 Å². The Balaban J connectivity index is 1.58. The predicted molar refractivity (Wildman–Crippen MR) is 125 cm³/mol. The summed E-state index contributed by atoms with van der Waals surface area (Å²) in [5.74, 6) is 7.22. The minimum atomic E-state index is -0.398. The van der Waals surface area contributed by atoms with Gasteiger partial charge in [-0.2, -0.15) is 0 Å². The summed E-state index contributed by atoms with van der Waals surface area (Å²) in [5.41, 5.74) is 3.12. The van der Waals surface area contributed by atoms with Gasteiger partial charge in [-0.25, -0.2) is 4.68 Å². The molecule has 0 saturated heterocycles. The van der Waals surface area contributed by atoms with Gasteiger partial charge in [0.25, 0.3) is 0 Å². The van der Waals surface area contributed by atoms with E-state index in [1.165, 1.54) is 22.0 Å². The predicted octanol–water partition coefficient (Wildman–Crippen LogP) is 4.30. The van der Waals surface area contributed by atoms with Crippen molar-refractivity contribution in [1.29, 1.82) is 0 Å². The molecule has 31 heavy (non-hydrogen) atoms. The number of aromatic nitrogens is 3. The van der Waals surface area contributed by atoms with Crippen LogP contribution in [0.3, 0.4) is 0 Å². The maximum Gasteiger partial charge on any atom is 0.237 e. The molecule has 3 aromatic rings. The Morgan fingerprint density at radius 2 is 1.84 bits per heavy atom. The number of rotatable bonds is 7. The number of nitrogens with zero attached hydrogens (tertiary/aromatic N) is 3. The van der Waals surface area contributed by atoms with Crippen LogP contribution >= 0.6 is 11.8 Å². The molecular formula is C23H29N5O2S. The molecule has 0 saturated carbocycles. The minimum Gasteiger partial charge on any atom is -0.486 e. The molecule has 2 aromatic carbocycles. The van der Waals surface area contributed by atoms with Crippen molar-refractivity contribution >= 4 is 23.4 Å². The second-order valence-corrected chi connectivity index (χ2v) is 9.70. The SMILES string of the molecule is Cc1ccccc1NC(=O)C(C)Sc1nnc(COc2ccc(C(C)(C)C)cc2)n1N. The van der Waals surface area contributed by atoms with Crippen LogP contribution in [0.4, 0.5) is 5.69 Å². The number of thioether (sulfide) groups is 1. The van der Waals surface area contributed by atoms with E-state index in [0.29, 0.717) is 11.0 Å². The van der Waals surface area contributed by atoms with E-state index in [1.54, 1.807) is 6.92 Å². The molecule has 3 N–H and O–H groups in total. The molecule has 0 radical (unpaired) electrons. The van der Waals surface area contributed by atoms with Crippen LogP contribution in [0.15, 0.2) is 53.7 Å². The number of nitrogens with two attached hydrogens (primary N) is 1. The number of anilines is 1. The summed E-state index contributed by atoms with van der Waals surface area (Å²) < 4.78 is 7.17. The average Bonchev–Trinajstić information content (AvgIpc) is 3.07. The summed E-state index contributed by atoms with van der Waals surface area (Å²) in [5, 5.41) is 11.2. The molecule has 0 spiro atoms. The van der Waals surface area contributed by atoms with Gasteiger partial charge in [-0.1, -0.05) is 62.9 Å². The summed E-state index contributed by atoms with van der Waals surface area (Å²) in [6.45, 7) is 10.4. The third kappa shape index (κ3) is 5.79. The van der Waals surface area contributed by atoms with Gasteiger partial charge in [0.2, 0.25) is 11.1 Å². The van der Waals surface area contributed by atoms with Crippen LogP contribution in [0, 0.1) is 6.92 Å². The molecule has 0 bridgehead atoms. The Labute approximate surface area is 187 Å². The number of amides is 1. The molecule has 0 aliphatic carbocycles. The fraction of sp³-hybridized carbons (Fsp3) is 0.348. The normalized spacial score (nSPS) is 12.4. The summed E-state index contributed by atoms with van der Waals surface area (Å²) in [4.78, 5) is 12.5. The van der Waals surface area contributed by atoms with Gasteiger partial charge in [0.1, 0.15) is 12.4 Å². The molecular weight excluding hydrogens is 410 g/mol. The van der Waals surface area contributed by atoms with E-state index in [9.17, 15) is 4.79 Å². The zero-order valence-electron chi connectivity index (χ0n) is 18.5. The summed E-state index contributed by atoms with van der Waals surface area (Å²) >= 11 is 1.25. The molecule has 164 valence electrons. The molecule has 0 aliphatic heterocycles. The van der Waals surface area contributed by atoms with Crippen LogP contribution in [0.5, 0.6) is 5.75 Å². The Hall–Kier alpha value is -3.00. The van der Waals surface area contributed by atoms with E-state index in [-0.39, 0.29) is 17.9 Å². The molecule has 1 aromatic heterocycles. The number of aryl methyl sites for hydroxylation is 1. The zero-order chi connectivity index (χ0) is 22.6. The molecule has 1 amide bonds. The van der Waals surface area contributed by atoms with E-state index in [2.05, 4.69) is 48.4 Å². The number of para-hydroxylation sites is 1. The molecule has 7 nitrogen and oxygen atoms in total. The Kier molecular flexibility index (Phi) is 6.90. The maximum absolute atomic E-state index is 12.5. The van der Waals surface area contributed by atoms with Gasteiger partial charge >= 0.3 is 0 Å². The molecule has 8 heteroatoms. The van der Waals surface area contributed by atoms with Gasteiger partial charge in [-0.15, -0.1) is 10.2 Å². The topological polar surface area (TPSA) is 95.1 Å². The maximum atomic E-state index is 12.5. The van der Waals surface area contributed by atoms with Crippen LogP contribution in [-0.4, -0.2) is 26.0 Å². The van der Waals surface area contributed by atoms with Crippen molar-refractivity contribution < 1.29 is 9.53 Å². The lowest BCUT2D eigenvalue weighted by Crippen LogP contribution is -2.24. The smallest absolute Gasteiger partial charge is 0.237 e. The van der Waals surface area contributed by atoms with Crippen molar-refractivity contribution in [2.45, 2.75) is 57.0 Å². The van der Waals surface area contributed by atoms with Gasteiger partial charge in [-0.05, 0) is 48.6 Å². The number of hydrogen-bond donors (Lipinski definition) is 2. The second-order valence-electron chi connectivity index (χ2n) is 8.40. The van der Waals surface area contributed by atoms with E-state index >= 15 is 0 Å². The highest BCUT2D eigenvalue weighted by molar-refractivity contribution is 8.00. The summed E-state index contributed by atoms with van der Waals surface area (Å²) in [6.07, 6.45) is 0. The van der Waals surface area contributed by atoms with Gasteiger partial charge in [0.05, 0.1) is 5.25 Å². The second kappa shape index (κ2) is 9.43. The highest BCUT2D eigenvalue weighted by Crippen LogP contribution is 2.25. The first kappa shape index (κ1) is 22.7. The van der Waals surface area contributed by atoms with Gasteiger partial charge in [-0.3, -0.25) is 4.79 Å². The molecule has 1 unspecified atom stereocenters. The van der Waals surface area contributed by atoms with Crippen molar-refractivity contribution in [1.82, 2.24) is 14.9 Å². The number of benzene rings is 2. The first-order valence-electron chi connectivity index (χ1n) is 10.1. The van der Waals surface area contributed by atoms with Crippen molar-refractivity contribution in [2.24, 2.45) is 0 Å². The lowest BCUT2D eigenvalue weighted by molar-refractivity contribution is -0.115. The van der Waals surface area contributed by atoms with E-state index in [1.807, 2.05) is 43.3 Å². The van der Waals surface area contributed by atoms with Crippen LogP contribution < -0.4 is 15.9 Å².